The normalized spacial score (nSPS) is 13.6. The SMILES string of the molecule is CC(N)c1ccc(NC(=O)NC(C)c2nn[nH]n2)cc1. The van der Waals surface area contributed by atoms with Gasteiger partial charge >= 0.3 is 6.03 Å². The van der Waals surface area contributed by atoms with E-state index in [2.05, 4.69) is 31.3 Å². The number of tetrazole rings is 1. The van der Waals surface area contributed by atoms with Crippen LogP contribution in [0, 0.1) is 0 Å². The molecule has 0 aliphatic rings. The highest BCUT2D eigenvalue weighted by Crippen LogP contribution is 2.14. The van der Waals surface area contributed by atoms with Crippen LogP contribution in [0.25, 0.3) is 0 Å². The predicted molar refractivity (Wildman–Crippen MR) is 73.8 cm³/mol. The number of urea groups is 1. The predicted octanol–water partition coefficient (Wildman–Crippen LogP) is 1.10. The molecule has 2 aromatic rings. The zero-order valence-electron chi connectivity index (χ0n) is 11.3. The fourth-order valence-corrected chi connectivity index (χ4v) is 1.65. The van der Waals surface area contributed by atoms with E-state index in [9.17, 15) is 4.79 Å². The van der Waals surface area contributed by atoms with Crippen molar-refractivity contribution in [3.8, 4) is 0 Å². The lowest BCUT2D eigenvalue weighted by Crippen LogP contribution is -2.31. The second-order valence-electron chi connectivity index (χ2n) is 4.50. The molecule has 8 heteroatoms. The highest BCUT2D eigenvalue weighted by molar-refractivity contribution is 5.89. The van der Waals surface area contributed by atoms with Crippen LogP contribution >= 0.6 is 0 Å². The number of rotatable bonds is 4. The molecule has 5 N–H and O–H groups in total. The number of hydrogen-bond donors (Lipinski definition) is 4. The van der Waals surface area contributed by atoms with Gasteiger partial charge in [-0.05, 0) is 31.5 Å². The average molecular weight is 275 g/mol. The number of aromatic nitrogens is 4. The number of amides is 2. The summed E-state index contributed by atoms with van der Waals surface area (Å²) in [6.45, 7) is 3.67. The summed E-state index contributed by atoms with van der Waals surface area (Å²) in [5, 5.41) is 18.8. The van der Waals surface area contributed by atoms with Crippen LogP contribution in [0.15, 0.2) is 24.3 Å². The molecule has 1 heterocycles. The van der Waals surface area contributed by atoms with Crippen LogP contribution < -0.4 is 16.4 Å². The van der Waals surface area contributed by atoms with Gasteiger partial charge in [-0.25, -0.2) is 4.79 Å². The molecular weight excluding hydrogens is 258 g/mol. The molecule has 20 heavy (non-hydrogen) atoms. The van der Waals surface area contributed by atoms with Crippen molar-refractivity contribution in [2.24, 2.45) is 5.73 Å². The number of anilines is 1. The van der Waals surface area contributed by atoms with Crippen LogP contribution in [-0.2, 0) is 0 Å². The van der Waals surface area contributed by atoms with Crippen LogP contribution in [-0.4, -0.2) is 26.7 Å². The fourth-order valence-electron chi connectivity index (χ4n) is 1.65. The quantitative estimate of drug-likeness (QED) is 0.665. The summed E-state index contributed by atoms with van der Waals surface area (Å²) in [6, 6.07) is 6.66. The van der Waals surface area contributed by atoms with Crippen LogP contribution in [0.2, 0.25) is 0 Å². The van der Waals surface area contributed by atoms with Crippen LogP contribution in [0.1, 0.15) is 37.3 Å². The lowest BCUT2D eigenvalue weighted by atomic mass is 10.1. The van der Waals surface area contributed by atoms with Crippen molar-refractivity contribution >= 4 is 11.7 Å². The molecule has 0 saturated carbocycles. The van der Waals surface area contributed by atoms with Gasteiger partial charge in [0.2, 0.25) is 0 Å². The summed E-state index contributed by atoms with van der Waals surface area (Å²) in [5.74, 6) is 0.424. The Balaban J connectivity index is 1.91. The van der Waals surface area contributed by atoms with Crippen molar-refractivity contribution < 1.29 is 4.79 Å². The van der Waals surface area contributed by atoms with E-state index in [1.165, 1.54) is 0 Å². The number of aromatic amines is 1. The van der Waals surface area contributed by atoms with Crippen LogP contribution in [0.5, 0.6) is 0 Å². The second kappa shape index (κ2) is 6.11. The first kappa shape index (κ1) is 13.9. The third-order valence-electron chi connectivity index (χ3n) is 2.79. The van der Waals surface area contributed by atoms with Crippen molar-refractivity contribution in [3.05, 3.63) is 35.7 Å². The molecule has 8 nitrogen and oxygen atoms in total. The standard InChI is InChI=1S/C12H17N7O/c1-7(13)9-3-5-10(6-4-9)15-12(20)14-8(2)11-16-18-19-17-11/h3-8H,13H2,1-2H3,(H2,14,15,20)(H,16,17,18,19). The Morgan fingerprint density at radius 2 is 2.00 bits per heavy atom. The molecule has 2 rings (SSSR count). The largest absolute Gasteiger partial charge is 0.328 e. The Bertz CT molecular complexity index is 550. The van der Waals surface area contributed by atoms with Crippen LogP contribution in [0.4, 0.5) is 10.5 Å². The highest BCUT2D eigenvalue weighted by Gasteiger charge is 2.13. The van der Waals surface area contributed by atoms with E-state index in [1.54, 1.807) is 19.1 Å². The first-order valence-electron chi connectivity index (χ1n) is 6.22. The van der Waals surface area contributed by atoms with Crippen molar-refractivity contribution in [2.75, 3.05) is 5.32 Å². The molecule has 0 saturated heterocycles. The van der Waals surface area contributed by atoms with Gasteiger partial charge in [-0.3, -0.25) is 0 Å². The van der Waals surface area contributed by atoms with Gasteiger partial charge in [0.05, 0.1) is 6.04 Å². The maximum atomic E-state index is 11.8. The van der Waals surface area contributed by atoms with E-state index in [4.69, 9.17) is 5.73 Å². The topological polar surface area (TPSA) is 122 Å². The van der Waals surface area contributed by atoms with Gasteiger partial charge in [0, 0.05) is 11.7 Å². The number of benzene rings is 1. The molecule has 0 bridgehead atoms. The van der Waals surface area contributed by atoms with Gasteiger partial charge in [-0.15, -0.1) is 10.2 Å². The average Bonchev–Trinajstić information content (AvgIpc) is 2.93. The second-order valence-corrected chi connectivity index (χ2v) is 4.50. The van der Waals surface area contributed by atoms with Gasteiger partial charge in [-0.1, -0.05) is 17.3 Å². The third-order valence-corrected chi connectivity index (χ3v) is 2.79. The Hall–Kier alpha value is -2.48. The molecule has 0 spiro atoms. The molecule has 1 aromatic carbocycles. The van der Waals surface area contributed by atoms with Crippen LogP contribution in [0.3, 0.4) is 0 Å². The zero-order chi connectivity index (χ0) is 14.5. The van der Waals surface area contributed by atoms with Gasteiger partial charge < -0.3 is 16.4 Å². The highest BCUT2D eigenvalue weighted by atomic mass is 16.2. The molecule has 106 valence electrons. The molecule has 0 aliphatic heterocycles. The number of carbonyl (C=O) groups excluding carboxylic acids is 1. The summed E-state index contributed by atoms with van der Waals surface area (Å²) < 4.78 is 0. The maximum absolute atomic E-state index is 11.8. The van der Waals surface area contributed by atoms with E-state index >= 15 is 0 Å². The van der Waals surface area contributed by atoms with Crippen molar-refractivity contribution in [3.63, 3.8) is 0 Å². The third kappa shape index (κ3) is 3.51. The monoisotopic (exact) mass is 275 g/mol. The van der Waals surface area contributed by atoms with Crippen molar-refractivity contribution in [2.45, 2.75) is 25.9 Å². The van der Waals surface area contributed by atoms with E-state index in [0.29, 0.717) is 11.5 Å². The van der Waals surface area contributed by atoms with Gasteiger partial charge in [0.1, 0.15) is 0 Å². The first-order chi connectivity index (χ1) is 9.56. The lowest BCUT2D eigenvalue weighted by molar-refractivity contribution is 0.249. The Kier molecular flexibility index (Phi) is 4.26. The Morgan fingerprint density at radius 3 is 2.55 bits per heavy atom. The number of nitrogens with zero attached hydrogens (tertiary/aromatic N) is 3. The summed E-state index contributed by atoms with van der Waals surface area (Å²) in [4.78, 5) is 11.8. The molecule has 1 aromatic heterocycles. The zero-order valence-corrected chi connectivity index (χ0v) is 11.3. The van der Waals surface area contributed by atoms with E-state index in [0.717, 1.165) is 5.56 Å². The Morgan fingerprint density at radius 1 is 1.30 bits per heavy atom. The number of nitrogens with two attached hydrogens (primary N) is 1. The van der Waals surface area contributed by atoms with Crippen molar-refractivity contribution in [1.82, 2.24) is 25.9 Å². The minimum atomic E-state index is -0.337. The minimum absolute atomic E-state index is 0.0314. The molecule has 2 atom stereocenters. The molecule has 0 radical (unpaired) electrons. The summed E-state index contributed by atoms with van der Waals surface area (Å²) >= 11 is 0. The minimum Gasteiger partial charge on any atom is -0.328 e. The lowest BCUT2D eigenvalue weighted by Gasteiger charge is -2.12. The number of nitrogens with one attached hydrogen (secondary N) is 3. The molecule has 2 unspecified atom stereocenters. The Labute approximate surface area is 116 Å². The number of H-pyrrole nitrogens is 1. The number of hydrogen-bond acceptors (Lipinski definition) is 5. The van der Waals surface area contributed by atoms with Gasteiger partial charge in [0.15, 0.2) is 5.82 Å². The molecule has 2 amide bonds. The number of carbonyl (C=O) groups is 1. The van der Waals surface area contributed by atoms with E-state index < -0.39 is 0 Å². The smallest absolute Gasteiger partial charge is 0.319 e. The first-order valence-corrected chi connectivity index (χ1v) is 6.22. The fraction of sp³-hybridized carbons (Fsp3) is 0.333. The van der Waals surface area contributed by atoms with Gasteiger partial charge in [0.25, 0.3) is 0 Å². The molecular formula is C12H17N7O. The summed E-state index contributed by atoms with van der Waals surface area (Å²) in [5.41, 5.74) is 7.46. The maximum Gasteiger partial charge on any atom is 0.319 e. The summed E-state index contributed by atoms with van der Waals surface area (Å²) in [6.07, 6.45) is 0. The van der Waals surface area contributed by atoms with Crippen molar-refractivity contribution in [1.29, 1.82) is 0 Å². The van der Waals surface area contributed by atoms with E-state index in [1.807, 2.05) is 19.1 Å². The summed E-state index contributed by atoms with van der Waals surface area (Å²) in [7, 11) is 0. The van der Waals surface area contributed by atoms with Gasteiger partial charge in [-0.2, -0.15) is 5.21 Å². The molecule has 0 aliphatic carbocycles. The molecule has 0 fully saturated rings. The van der Waals surface area contributed by atoms with E-state index in [-0.39, 0.29) is 18.1 Å².